The van der Waals surface area contributed by atoms with E-state index >= 15 is 0 Å². The fourth-order valence-electron chi connectivity index (χ4n) is 3.34. The van der Waals surface area contributed by atoms with Crippen LogP contribution in [0.15, 0.2) is 51.4 Å². The molecule has 2 aromatic rings. The molecule has 0 aliphatic carbocycles. The van der Waals surface area contributed by atoms with Crippen LogP contribution in [0.4, 0.5) is 30.7 Å². The zero-order valence-corrected chi connectivity index (χ0v) is 23.1. The highest BCUT2D eigenvalue weighted by molar-refractivity contribution is 9.11. The smallest absolute Gasteiger partial charge is 0.349 e. The van der Waals surface area contributed by atoms with Gasteiger partial charge in [0.15, 0.2) is 9.84 Å². The van der Waals surface area contributed by atoms with Crippen LogP contribution in [-0.4, -0.2) is 38.0 Å². The van der Waals surface area contributed by atoms with E-state index in [4.69, 9.17) is 0 Å². The number of halogens is 9. The first kappa shape index (κ1) is 31.3. The summed E-state index contributed by atoms with van der Waals surface area (Å²) in [5, 5.41) is 2.15. The molecule has 0 fully saturated rings. The summed E-state index contributed by atoms with van der Waals surface area (Å²) in [7, 11) is -3.55. The molecule has 14 heteroatoms. The van der Waals surface area contributed by atoms with Gasteiger partial charge in [0, 0.05) is 26.3 Å². The Balaban J connectivity index is 2.50. The molecular formula is C23H20Br2F7NO3S. The normalized spacial score (nSPS) is 14.8. The van der Waals surface area contributed by atoms with Gasteiger partial charge in [0.25, 0.3) is 5.91 Å². The Bertz CT molecular complexity index is 1270. The van der Waals surface area contributed by atoms with E-state index < -0.39 is 68.3 Å². The Morgan fingerprint density at radius 1 is 1.03 bits per heavy atom. The molecule has 2 rings (SSSR count). The van der Waals surface area contributed by atoms with Crippen molar-refractivity contribution >= 4 is 53.4 Å². The van der Waals surface area contributed by atoms with Crippen molar-refractivity contribution in [3.8, 4) is 0 Å². The molecule has 37 heavy (non-hydrogen) atoms. The minimum Gasteiger partial charge on any atom is -0.349 e. The lowest BCUT2D eigenvalue weighted by Gasteiger charge is -2.19. The third-order valence-corrected chi connectivity index (χ3v) is 7.88. The van der Waals surface area contributed by atoms with Crippen molar-refractivity contribution in [3.05, 3.63) is 73.7 Å². The van der Waals surface area contributed by atoms with Crippen molar-refractivity contribution in [3.63, 3.8) is 0 Å². The van der Waals surface area contributed by atoms with Gasteiger partial charge in [-0.05, 0) is 48.9 Å². The largest absolute Gasteiger partial charge is 0.417 e. The van der Waals surface area contributed by atoms with Crippen LogP contribution in [0.25, 0.3) is 5.83 Å². The quantitative estimate of drug-likeness (QED) is 0.295. The Morgan fingerprint density at radius 2 is 1.59 bits per heavy atom. The molecule has 0 saturated carbocycles. The summed E-state index contributed by atoms with van der Waals surface area (Å²) in [5.41, 5.74) is -3.72. The van der Waals surface area contributed by atoms with Crippen molar-refractivity contribution < 1.29 is 43.9 Å². The summed E-state index contributed by atoms with van der Waals surface area (Å²) in [6, 6.07) is 4.22. The van der Waals surface area contributed by atoms with Gasteiger partial charge >= 0.3 is 12.4 Å². The molecule has 0 saturated heterocycles. The van der Waals surface area contributed by atoms with Crippen LogP contribution in [0.1, 0.15) is 46.8 Å². The van der Waals surface area contributed by atoms with Gasteiger partial charge in [-0.15, -0.1) is 0 Å². The zero-order chi connectivity index (χ0) is 28.3. The summed E-state index contributed by atoms with van der Waals surface area (Å²) in [6.07, 6.45) is -9.99. The number of sulfone groups is 1. The van der Waals surface area contributed by atoms with Crippen LogP contribution < -0.4 is 5.32 Å². The lowest BCUT2D eigenvalue weighted by atomic mass is 9.95. The van der Waals surface area contributed by atoms with Crippen LogP contribution in [0.3, 0.4) is 0 Å². The number of allylic oxidation sites excluding steroid dienone is 1. The lowest BCUT2D eigenvalue weighted by Crippen LogP contribution is -2.38. The Kier molecular flexibility index (Phi) is 10.0. The number of nitrogens with one attached hydrogen (secondary N) is 1. The molecular weight excluding hydrogens is 663 g/mol. The molecule has 204 valence electrons. The second-order valence-electron chi connectivity index (χ2n) is 8.07. The highest BCUT2D eigenvalue weighted by atomic mass is 79.9. The van der Waals surface area contributed by atoms with Crippen molar-refractivity contribution in [2.75, 3.05) is 11.5 Å². The van der Waals surface area contributed by atoms with Gasteiger partial charge in [0.1, 0.15) is 11.7 Å². The lowest BCUT2D eigenvalue weighted by molar-refractivity contribution is -0.140. The van der Waals surface area contributed by atoms with Crippen LogP contribution in [0, 0.1) is 0 Å². The highest BCUT2D eigenvalue weighted by Gasteiger charge is 2.41. The molecule has 0 aliphatic heterocycles. The summed E-state index contributed by atoms with van der Waals surface area (Å²) in [5.74, 6) is -6.10. The van der Waals surface area contributed by atoms with Crippen molar-refractivity contribution in [2.45, 2.75) is 38.2 Å². The molecule has 0 spiro atoms. The zero-order valence-electron chi connectivity index (χ0n) is 19.1. The van der Waals surface area contributed by atoms with E-state index in [2.05, 4.69) is 37.2 Å². The van der Waals surface area contributed by atoms with Gasteiger partial charge in [-0.25, -0.2) is 12.8 Å². The minimum atomic E-state index is -5.17. The number of carbonyl (C=O) groups excluding carboxylic acids is 1. The van der Waals surface area contributed by atoms with E-state index in [1.165, 1.54) is 19.9 Å². The maximum atomic E-state index is 14.9. The summed E-state index contributed by atoms with van der Waals surface area (Å²) >= 11 is 6.08. The number of alkyl halides is 6. The van der Waals surface area contributed by atoms with E-state index in [-0.39, 0.29) is 32.4 Å². The number of hydrogen-bond donors (Lipinski definition) is 1. The SMILES string of the molecule is CCS(=O)(=O)CC(C)NC(=O)c1ccc(/C(F)=C/C(c2cc(Br)cc(Br)c2)C(F)(F)F)cc1C(F)(F)F. The third-order valence-electron chi connectivity index (χ3n) is 5.08. The van der Waals surface area contributed by atoms with Gasteiger partial charge in [-0.2, -0.15) is 26.3 Å². The van der Waals surface area contributed by atoms with E-state index in [1.54, 1.807) is 0 Å². The van der Waals surface area contributed by atoms with Gasteiger partial charge < -0.3 is 5.32 Å². The summed E-state index contributed by atoms with van der Waals surface area (Å²) in [6.45, 7) is 2.65. The molecule has 2 atom stereocenters. The first-order valence-electron chi connectivity index (χ1n) is 10.5. The van der Waals surface area contributed by atoms with Crippen LogP contribution in [-0.2, 0) is 16.0 Å². The molecule has 1 amide bonds. The van der Waals surface area contributed by atoms with Crippen molar-refractivity contribution in [1.29, 1.82) is 0 Å². The first-order valence-corrected chi connectivity index (χ1v) is 13.9. The maximum Gasteiger partial charge on any atom is 0.417 e. The summed E-state index contributed by atoms with van der Waals surface area (Å²) < 4.78 is 121. The Morgan fingerprint density at radius 3 is 2.08 bits per heavy atom. The van der Waals surface area contributed by atoms with Crippen LogP contribution in [0.5, 0.6) is 0 Å². The molecule has 0 aliphatic rings. The van der Waals surface area contributed by atoms with E-state index in [9.17, 15) is 43.9 Å². The van der Waals surface area contributed by atoms with Crippen molar-refractivity contribution in [1.82, 2.24) is 5.32 Å². The fraction of sp³-hybridized carbons (Fsp3) is 0.348. The van der Waals surface area contributed by atoms with Gasteiger partial charge in [-0.1, -0.05) is 44.8 Å². The molecule has 4 nitrogen and oxygen atoms in total. The molecule has 0 aromatic heterocycles. The highest BCUT2D eigenvalue weighted by Crippen LogP contribution is 2.41. The number of rotatable bonds is 8. The molecule has 2 unspecified atom stereocenters. The number of amides is 1. The molecule has 2 aromatic carbocycles. The Hall–Kier alpha value is -1.93. The predicted octanol–water partition coefficient (Wildman–Crippen LogP) is 7.44. The predicted molar refractivity (Wildman–Crippen MR) is 132 cm³/mol. The van der Waals surface area contributed by atoms with Crippen molar-refractivity contribution in [2.24, 2.45) is 0 Å². The molecule has 1 N–H and O–H groups in total. The number of benzene rings is 2. The van der Waals surface area contributed by atoms with Gasteiger partial charge in [-0.3, -0.25) is 4.79 Å². The molecule has 0 bridgehead atoms. The fourth-order valence-corrected chi connectivity index (χ4v) is 5.75. The standard InChI is InChI=1S/C23H20Br2F7NO3S/c1-3-37(35,36)11-12(2)33-21(34)17-5-4-13(8-19(17)23(30,31)32)20(26)10-18(22(27,28)29)14-6-15(24)9-16(25)7-14/h4-10,12,18H,3,11H2,1-2H3,(H,33,34)/b20-10-. The van der Waals surface area contributed by atoms with Crippen LogP contribution >= 0.6 is 31.9 Å². The number of hydrogen-bond acceptors (Lipinski definition) is 3. The van der Waals surface area contributed by atoms with Gasteiger partial charge in [0.05, 0.1) is 16.9 Å². The third kappa shape index (κ3) is 8.81. The monoisotopic (exact) mass is 681 g/mol. The topological polar surface area (TPSA) is 63.2 Å². The average Bonchev–Trinajstić information content (AvgIpc) is 2.74. The van der Waals surface area contributed by atoms with E-state index in [0.717, 1.165) is 18.2 Å². The van der Waals surface area contributed by atoms with E-state index in [1.807, 2.05) is 0 Å². The van der Waals surface area contributed by atoms with Crippen LogP contribution in [0.2, 0.25) is 0 Å². The summed E-state index contributed by atoms with van der Waals surface area (Å²) in [4.78, 5) is 12.5. The Labute approximate surface area is 225 Å². The second kappa shape index (κ2) is 11.9. The van der Waals surface area contributed by atoms with Gasteiger partial charge in [0.2, 0.25) is 0 Å². The molecule has 0 heterocycles. The minimum absolute atomic E-state index is 0.154. The molecule has 0 radical (unpaired) electrons. The first-order chi connectivity index (χ1) is 16.8. The van der Waals surface area contributed by atoms with E-state index in [0.29, 0.717) is 6.07 Å². The maximum absolute atomic E-state index is 14.9. The average molecular weight is 683 g/mol. The number of carbonyl (C=O) groups is 1. The second-order valence-corrected chi connectivity index (χ2v) is 12.3.